The van der Waals surface area contributed by atoms with E-state index in [0.29, 0.717) is 13.0 Å². The van der Waals surface area contributed by atoms with Crippen LogP contribution in [-0.4, -0.2) is 47.3 Å². The molecule has 2 atom stereocenters. The van der Waals surface area contributed by atoms with Gasteiger partial charge in [-0.15, -0.1) is 0 Å². The molecule has 0 aromatic heterocycles. The van der Waals surface area contributed by atoms with Crippen molar-refractivity contribution in [3.05, 3.63) is 0 Å². The van der Waals surface area contributed by atoms with Gasteiger partial charge in [-0.2, -0.15) is 0 Å². The number of nitrogens with one attached hydrogen (secondary N) is 2. The highest BCUT2D eigenvalue weighted by molar-refractivity contribution is 5.92. The first-order valence-electron chi connectivity index (χ1n) is 7.65. The summed E-state index contributed by atoms with van der Waals surface area (Å²) in [7, 11) is 0. The predicted molar refractivity (Wildman–Crippen MR) is 80.5 cm³/mol. The van der Waals surface area contributed by atoms with E-state index in [-0.39, 0.29) is 29.7 Å². The average molecular weight is 297 g/mol. The molecule has 1 fully saturated rings. The highest BCUT2D eigenvalue weighted by Gasteiger charge is 2.35. The molecule has 1 rings (SSSR count). The summed E-state index contributed by atoms with van der Waals surface area (Å²) in [5.74, 6) is -0.585. The third-order valence-corrected chi connectivity index (χ3v) is 3.52. The Balaban J connectivity index is 2.62. The summed E-state index contributed by atoms with van der Waals surface area (Å²) in [4.78, 5) is 37.8. The molecule has 2 N–H and O–H groups in total. The Morgan fingerprint density at radius 1 is 1.05 bits per heavy atom. The summed E-state index contributed by atoms with van der Waals surface area (Å²) in [6.07, 6.45) is 1.48. The van der Waals surface area contributed by atoms with Crippen LogP contribution in [0.2, 0.25) is 0 Å². The SMILES string of the molecule is CC(C)NC(=O)C(C)NC(=O)C1CCCN1C(=O)C(C)C. The van der Waals surface area contributed by atoms with Gasteiger partial charge in [0.05, 0.1) is 0 Å². The van der Waals surface area contributed by atoms with Crippen LogP contribution in [0.15, 0.2) is 0 Å². The van der Waals surface area contributed by atoms with Gasteiger partial charge < -0.3 is 15.5 Å². The van der Waals surface area contributed by atoms with Gasteiger partial charge in [0.15, 0.2) is 0 Å². The third-order valence-electron chi connectivity index (χ3n) is 3.52. The van der Waals surface area contributed by atoms with Crippen LogP contribution in [0.1, 0.15) is 47.5 Å². The molecule has 120 valence electrons. The van der Waals surface area contributed by atoms with Crippen LogP contribution in [0.5, 0.6) is 0 Å². The topological polar surface area (TPSA) is 78.5 Å². The van der Waals surface area contributed by atoms with Crippen molar-refractivity contribution in [2.45, 2.75) is 65.6 Å². The van der Waals surface area contributed by atoms with Gasteiger partial charge in [-0.05, 0) is 33.6 Å². The second-order valence-electron chi connectivity index (χ2n) is 6.24. The Hall–Kier alpha value is -1.59. The maximum Gasteiger partial charge on any atom is 0.243 e. The summed E-state index contributed by atoms with van der Waals surface area (Å²) in [5.41, 5.74) is 0. The minimum Gasteiger partial charge on any atom is -0.352 e. The van der Waals surface area contributed by atoms with Gasteiger partial charge in [-0.3, -0.25) is 14.4 Å². The van der Waals surface area contributed by atoms with E-state index in [9.17, 15) is 14.4 Å². The summed E-state index contributed by atoms with van der Waals surface area (Å²) >= 11 is 0. The Morgan fingerprint density at radius 2 is 1.67 bits per heavy atom. The molecule has 6 heteroatoms. The number of likely N-dealkylation sites (tertiary alicyclic amines) is 1. The molecule has 0 aliphatic carbocycles. The Labute approximate surface area is 126 Å². The van der Waals surface area contributed by atoms with Gasteiger partial charge in [0.2, 0.25) is 17.7 Å². The maximum atomic E-state index is 12.3. The normalized spacial score (nSPS) is 19.8. The first-order valence-corrected chi connectivity index (χ1v) is 7.65. The van der Waals surface area contributed by atoms with Crippen LogP contribution in [0.25, 0.3) is 0 Å². The summed E-state index contributed by atoms with van der Waals surface area (Å²) in [6, 6.07) is -1.02. The molecule has 0 saturated carbocycles. The van der Waals surface area contributed by atoms with Gasteiger partial charge in [0.1, 0.15) is 12.1 Å². The second-order valence-corrected chi connectivity index (χ2v) is 6.24. The van der Waals surface area contributed by atoms with Gasteiger partial charge in [0.25, 0.3) is 0 Å². The lowest BCUT2D eigenvalue weighted by atomic mass is 10.1. The number of carbonyl (C=O) groups is 3. The van der Waals surface area contributed by atoms with E-state index in [1.165, 1.54) is 0 Å². The van der Waals surface area contributed by atoms with Crippen LogP contribution in [0, 0.1) is 5.92 Å². The number of carbonyl (C=O) groups excluding carboxylic acids is 3. The molecule has 0 radical (unpaired) electrons. The molecule has 3 amide bonds. The largest absolute Gasteiger partial charge is 0.352 e. The van der Waals surface area contributed by atoms with Crippen molar-refractivity contribution in [3.8, 4) is 0 Å². The Kier molecular flexibility index (Phi) is 6.18. The predicted octanol–water partition coefficient (Wildman–Crippen LogP) is 0.663. The first-order chi connectivity index (χ1) is 9.73. The zero-order valence-corrected chi connectivity index (χ0v) is 13.6. The molecule has 1 heterocycles. The van der Waals surface area contributed by atoms with Crippen LogP contribution in [0.3, 0.4) is 0 Å². The molecule has 0 bridgehead atoms. The van der Waals surface area contributed by atoms with Crippen molar-refractivity contribution >= 4 is 17.7 Å². The molecule has 1 aliphatic heterocycles. The molecule has 0 aromatic carbocycles. The fourth-order valence-electron chi connectivity index (χ4n) is 2.42. The smallest absolute Gasteiger partial charge is 0.243 e. The summed E-state index contributed by atoms with van der Waals surface area (Å²) < 4.78 is 0. The van der Waals surface area contributed by atoms with E-state index in [1.54, 1.807) is 11.8 Å². The van der Waals surface area contributed by atoms with E-state index in [2.05, 4.69) is 10.6 Å². The maximum absolute atomic E-state index is 12.3. The fraction of sp³-hybridized carbons (Fsp3) is 0.800. The first kappa shape index (κ1) is 17.5. The molecule has 21 heavy (non-hydrogen) atoms. The van der Waals surface area contributed by atoms with Crippen LogP contribution in [-0.2, 0) is 14.4 Å². The summed E-state index contributed by atoms with van der Waals surface area (Å²) in [5, 5.41) is 5.46. The van der Waals surface area contributed by atoms with Crippen molar-refractivity contribution < 1.29 is 14.4 Å². The van der Waals surface area contributed by atoms with Crippen LogP contribution in [0.4, 0.5) is 0 Å². The molecule has 6 nitrogen and oxygen atoms in total. The second kappa shape index (κ2) is 7.43. The molecular weight excluding hydrogens is 270 g/mol. The molecule has 2 unspecified atom stereocenters. The third kappa shape index (κ3) is 4.72. The minimum absolute atomic E-state index is 0.00747. The van der Waals surface area contributed by atoms with Gasteiger partial charge in [0, 0.05) is 18.5 Å². The summed E-state index contributed by atoms with van der Waals surface area (Å²) in [6.45, 7) is 9.66. The highest BCUT2D eigenvalue weighted by atomic mass is 16.2. The van der Waals surface area contributed by atoms with E-state index in [4.69, 9.17) is 0 Å². The molecule has 1 saturated heterocycles. The Bertz CT molecular complexity index is 407. The van der Waals surface area contributed by atoms with Crippen molar-refractivity contribution in [3.63, 3.8) is 0 Å². The standard InChI is InChI=1S/C15H27N3O3/c1-9(2)15(21)18-8-6-7-12(18)14(20)17-11(5)13(19)16-10(3)4/h9-12H,6-8H2,1-5H3,(H,16,19)(H,17,20). The van der Waals surface area contributed by atoms with Crippen molar-refractivity contribution in [2.24, 2.45) is 5.92 Å². The number of hydrogen-bond donors (Lipinski definition) is 2. The zero-order chi connectivity index (χ0) is 16.2. The van der Waals surface area contributed by atoms with Crippen molar-refractivity contribution in [1.29, 1.82) is 0 Å². The van der Waals surface area contributed by atoms with Gasteiger partial charge in [-0.25, -0.2) is 0 Å². The molecule has 0 spiro atoms. The van der Waals surface area contributed by atoms with E-state index in [0.717, 1.165) is 6.42 Å². The molecule has 1 aliphatic rings. The quantitative estimate of drug-likeness (QED) is 0.782. The van der Waals surface area contributed by atoms with Crippen molar-refractivity contribution in [1.82, 2.24) is 15.5 Å². The molecule has 0 aromatic rings. The van der Waals surface area contributed by atoms with E-state index >= 15 is 0 Å². The lowest BCUT2D eigenvalue weighted by molar-refractivity contribution is -0.141. The highest BCUT2D eigenvalue weighted by Crippen LogP contribution is 2.20. The number of amides is 3. The number of rotatable bonds is 5. The lowest BCUT2D eigenvalue weighted by Gasteiger charge is -2.27. The molecular formula is C15H27N3O3. The monoisotopic (exact) mass is 297 g/mol. The average Bonchev–Trinajstić information content (AvgIpc) is 2.85. The lowest BCUT2D eigenvalue weighted by Crippen LogP contribution is -2.53. The zero-order valence-electron chi connectivity index (χ0n) is 13.6. The van der Waals surface area contributed by atoms with E-state index in [1.807, 2.05) is 27.7 Å². The number of hydrogen-bond acceptors (Lipinski definition) is 3. The number of nitrogens with zero attached hydrogens (tertiary/aromatic N) is 1. The van der Waals surface area contributed by atoms with Crippen LogP contribution < -0.4 is 10.6 Å². The fourth-order valence-corrected chi connectivity index (χ4v) is 2.42. The van der Waals surface area contributed by atoms with Crippen LogP contribution >= 0.6 is 0 Å². The van der Waals surface area contributed by atoms with Gasteiger partial charge >= 0.3 is 0 Å². The van der Waals surface area contributed by atoms with Crippen molar-refractivity contribution in [2.75, 3.05) is 6.54 Å². The van der Waals surface area contributed by atoms with Gasteiger partial charge in [-0.1, -0.05) is 13.8 Å². The van der Waals surface area contributed by atoms with E-state index < -0.39 is 12.1 Å². The Morgan fingerprint density at radius 3 is 2.19 bits per heavy atom. The minimum atomic E-state index is -0.600.